The van der Waals surface area contributed by atoms with Crippen molar-refractivity contribution in [3.8, 4) is 0 Å². The normalized spacial score (nSPS) is 21.4. The molecule has 1 aliphatic heterocycles. The zero-order chi connectivity index (χ0) is 15.6. The van der Waals surface area contributed by atoms with Gasteiger partial charge in [0.15, 0.2) is 0 Å². The highest BCUT2D eigenvalue weighted by Gasteiger charge is 2.40. The van der Waals surface area contributed by atoms with Crippen molar-refractivity contribution in [1.82, 2.24) is 4.90 Å². The molecule has 2 rings (SSSR count). The van der Waals surface area contributed by atoms with Crippen LogP contribution in [0.4, 0.5) is 14.9 Å². The van der Waals surface area contributed by atoms with Crippen LogP contribution in [0.1, 0.15) is 13.3 Å². The summed E-state index contributed by atoms with van der Waals surface area (Å²) in [6.45, 7) is 2.03. The number of carboxylic acid groups (broad SMARTS) is 1. The van der Waals surface area contributed by atoms with Crippen molar-refractivity contribution >= 4 is 17.7 Å². The Morgan fingerprint density at radius 3 is 2.52 bits per heavy atom. The summed E-state index contributed by atoms with van der Waals surface area (Å²) < 4.78 is 13.0. The molecule has 114 valence electrons. The van der Waals surface area contributed by atoms with Gasteiger partial charge in [0.05, 0.1) is 6.10 Å². The average Bonchev–Trinajstić information content (AvgIpc) is 2.84. The van der Waals surface area contributed by atoms with Crippen molar-refractivity contribution < 1.29 is 24.2 Å². The van der Waals surface area contributed by atoms with Crippen molar-refractivity contribution in [3.05, 3.63) is 30.1 Å². The second-order valence-electron chi connectivity index (χ2n) is 4.90. The van der Waals surface area contributed by atoms with Gasteiger partial charge >= 0.3 is 12.0 Å². The number of halogens is 1. The van der Waals surface area contributed by atoms with Gasteiger partial charge in [-0.15, -0.1) is 0 Å². The molecule has 21 heavy (non-hydrogen) atoms. The van der Waals surface area contributed by atoms with Gasteiger partial charge in [-0.3, -0.25) is 4.90 Å². The molecule has 1 saturated heterocycles. The highest BCUT2D eigenvalue weighted by Crippen LogP contribution is 2.23. The van der Waals surface area contributed by atoms with Gasteiger partial charge < -0.3 is 15.1 Å². The Morgan fingerprint density at radius 2 is 2.00 bits per heavy atom. The zero-order valence-corrected chi connectivity index (χ0v) is 11.6. The number of aliphatic carboxylic acids is 1. The molecule has 1 aromatic carbocycles. The first-order valence-corrected chi connectivity index (χ1v) is 6.68. The molecular formula is C14H17FN2O4. The molecule has 0 aliphatic carbocycles. The number of rotatable bonds is 3. The second-order valence-corrected chi connectivity index (χ2v) is 4.90. The molecule has 0 bridgehead atoms. The number of anilines is 1. The molecule has 2 N–H and O–H groups in total. The Hall–Kier alpha value is -2.15. The predicted octanol–water partition coefficient (Wildman–Crippen LogP) is 1.29. The van der Waals surface area contributed by atoms with Crippen LogP contribution in [0.25, 0.3) is 0 Å². The Kier molecular flexibility index (Phi) is 4.42. The summed E-state index contributed by atoms with van der Waals surface area (Å²) in [4.78, 5) is 26.2. The molecule has 0 aromatic heterocycles. The van der Waals surface area contributed by atoms with E-state index in [0.717, 1.165) is 4.90 Å². The molecule has 2 amide bonds. The summed E-state index contributed by atoms with van der Waals surface area (Å²) in [7, 11) is 0. The fourth-order valence-corrected chi connectivity index (χ4v) is 2.46. The quantitative estimate of drug-likeness (QED) is 0.880. The number of likely N-dealkylation sites (tertiary alicyclic amines) is 1. The van der Waals surface area contributed by atoms with Crippen molar-refractivity contribution in [2.45, 2.75) is 25.5 Å². The van der Waals surface area contributed by atoms with Crippen LogP contribution in [0.3, 0.4) is 0 Å². The highest BCUT2D eigenvalue weighted by molar-refractivity contribution is 5.94. The van der Waals surface area contributed by atoms with Gasteiger partial charge in [-0.25, -0.2) is 14.0 Å². The molecule has 1 aromatic rings. The van der Waals surface area contributed by atoms with Crippen molar-refractivity contribution in [3.63, 3.8) is 0 Å². The maximum atomic E-state index is 13.0. The molecule has 7 heteroatoms. The molecule has 0 unspecified atom stereocenters. The maximum Gasteiger partial charge on any atom is 0.326 e. The maximum absolute atomic E-state index is 13.0. The van der Waals surface area contributed by atoms with Crippen LogP contribution in [0, 0.1) is 5.82 Å². The van der Waals surface area contributed by atoms with Gasteiger partial charge in [0.2, 0.25) is 0 Å². The average molecular weight is 296 g/mol. The third kappa shape index (κ3) is 3.13. The molecule has 1 aliphatic rings. The number of amides is 2. The number of aliphatic hydroxyl groups excluding tert-OH is 1. The third-order valence-electron chi connectivity index (χ3n) is 3.50. The summed E-state index contributed by atoms with van der Waals surface area (Å²) in [5, 5.41) is 18.7. The monoisotopic (exact) mass is 296 g/mol. The number of β-amino-alcohol motifs (C(OH)–C–C–N with tert-alkyl or cyclic N) is 1. The van der Waals surface area contributed by atoms with E-state index in [0.29, 0.717) is 12.2 Å². The second kappa shape index (κ2) is 6.09. The molecule has 0 spiro atoms. The minimum Gasteiger partial charge on any atom is -0.480 e. The SMILES string of the molecule is CCN(C(=O)N1C[C@H](O)C[C@@H]1C(=O)O)c1ccc(F)cc1. The first kappa shape index (κ1) is 15.2. The van der Waals surface area contributed by atoms with Crippen LogP contribution in [-0.2, 0) is 4.79 Å². The van der Waals surface area contributed by atoms with Crippen LogP contribution in [0.15, 0.2) is 24.3 Å². The number of aliphatic hydroxyl groups is 1. The Labute approximate surface area is 121 Å². The summed E-state index contributed by atoms with van der Waals surface area (Å²) in [6.07, 6.45) is -0.829. The van der Waals surface area contributed by atoms with Crippen molar-refractivity contribution in [1.29, 1.82) is 0 Å². The minimum absolute atomic E-state index is 0.0159. The van der Waals surface area contributed by atoms with E-state index in [9.17, 15) is 19.1 Å². The van der Waals surface area contributed by atoms with E-state index in [2.05, 4.69) is 0 Å². The van der Waals surface area contributed by atoms with Gasteiger partial charge in [0, 0.05) is 25.2 Å². The van der Waals surface area contributed by atoms with Gasteiger partial charge in [-0.05, 0) is 31.2 Å². The predicted molar refractivity (Wildman–Crippen MR) is 73.6 cm³/mol. The standard InChI is InChI=1S/C14H17FN2O4/c1-2-16(10-5-3-9(15)4-6-10)14(21)17-8-11(18)7-12(17)13(19)20/h3-6,11-12,18H,2,7-8H2,1H3,(H,19,20)/t11-,12-/m1/s1. The largest absolute Gasteiger partial charge is 0.480 e. The van der Waals surface area contributed by atoms with Crippen LogP contribution in [-0.4, -0.2) is 52.3 Å². The van der Waals surface area contributed by atoms with Gasteiger partial charge in [0.1, 0.15) is 11.9 Å². The van der Waals surface area contributed by atoms with E-state index in [4.69, 9.17) is 5.11 Å². The van der Waals surface area contributed by atoms with Gasteiger partial charge in [-0.2, -0.15) is 0 Å². The molecule has 6 nitrogen and oxygen atoms in total. The molecule has 2 atom stereocenters. The number of benzene rings is 1. The fourth-order valence-electron chi connectivity index (χ4n) is 2.46. The number of hydrogen-bond donors (Lipinski definition) is 2. The number of nitrogens with zero attached hydrogens (tertiary/aromatic N) is 2. The lowest BCUT2D eigenvalue weighted by molar-refractivity contribution is -0.141. The van der Waals surface area contributed by atoms with E-state index in [1.807, 2.05) is 0 Å². The first-order chi connectivity index (χ1) is 9.93. The third-order valence-corrected chi connectivity index (χ3v) is 3.50. The smallest absolute Gasteiger partial charge is 0.326 e. The molecule has 0 radical (unpaired) electrons. The summed E-state index contributed by atoms with van der Waals surface area (Å²) >= 11 is 0. The Morgan fingerprint density at radius 1 is 1.38 bits per heavy atom. The lowest BCUT2D eigenvalue weighted by Gasteiger charge is -2.29. The number of urea groups is 1. The first-order valence-electron chi connectivity index (χ1n) is 6.68. The highest BCUT2D eigenvalue weighted by atomic mass is 19.1. The topological polar surface area (TPSA) is 81.1 Å². The molecule has 0 saturated carbocycles. The van der Waals surface area contributed by atoms with Gasteiger partial charge in [-0.1, -0.05) is 0 Å². The van der Waals surface area contributed by atoms with E-state index >= 15 is 0 Å². The summed E-state index contributed by atoms with van der Waals surface area (Å²) in [5.41, 5.74) is 0.481. The van der Waals surface area contributed by atoms with Crippen LogP contribution in [0.2, 0.25) is 0 Å². The lowest BCUT2D eigenvalue weighted by Crippen LogP contribution is -2.48. The van der Waals surface area contributed by atoms with E-state index in [-0.39, 0.29) is 13.0 Å². The molecular weight excluding hydrogens is 279 g/mol. The minimum atomic E-state index is -1.14. The fraction of sp³-hybridized carbons (Fsp3) is 0.429. The number of carbonyl (C=O) groups is 2. The van der Waals surface area contributed by atoms with Crippen LogP contribution >= 0.6 is 0 Å². The summed E-state index contributed by atoms with van der Waals surface area (Å²) in [5.74, 6) is -1.56. The number of carbonyl (C=O) groups excluding carboxylic acids is 1. The van der Waals surface area contributed by atoms with E-state index in [1.165, 1.54) is 29.2 Å². The van der Waals surface area contributed by atoms with E-state index in [1.54, 1.807) is 6.92 Å². The number of hydrogen-bond acceptors (Lipinski definition) is 3. The molecule has 1 fully saturated rings. The Bertz CT molecular complexity index is 534. The van der Waals surface area contributed by atoms with Gasteiger partial charge in [0.25, 0.3) is 0 Å². The van der Waals surface area contributed by atoms with Crippen molar-refractivity contribution in [2.75, 3.05) is 18.0 Å². The van der Waals surface area contributed by atoms with E-state index < -0.39 is 30.0 Å². The number of carboxylic acids is 1. The molecule has 1 heterocycles. The Balaban J connectivity index is 2.23. The lowest BCUT2D eigenvalue weighted by atomic mass is 10.2. The van der Waals surface area contributed by atoms with Crippen LogP contribution < -0.4 is 4.90 Å². The van der Waals surface area contributed by atoms with Crippen molar-refractivity contribution in [2.24, 2.45) is 0 Å². The zero-order valence-electron chi connectivity index (χ0n) is 11.6. The summed E-state index contributed by atoms with van der Waals surface area (Å²) in [6, 6.07) is 3.84. The van der Waals surface area contributed by atoms with Crippen LogP contribution in [0.5, 0.6) is 0 Å².